The zero-order valence-corrected chi connectivity index (χ0v) is 10.6. The van der Waals surface area contributed by atoms with Crippen molar-refractivity contribution in [3.05, 3.63) is 35.4 Å². The third-order valence-corrected chi connectivity index (χ3v) is 2.72. The number of hydrogen-bond donors (Lipinski definition) is 2. The van der Waals surface area contributed by atoms with Crippen LogP contribution in [0.2, 0.25) is 0 Å². The molecule has 0 aliphatic carbocycles. The van der Waals surface area contributed by atoms with Gasteiger partial charge in [0.15, 0.2) is 0 Å². The molecule has 1 fully saturated rings. The molecule has 6 nitrogen and oxygen atoms in total. The Labute approximate surface area is 117 Å². The maximum absolute atomic E-state index is 14.0. The van der Waals surface area contributed by atoms with Gasteiger partial charge >= 0.3 is 5.97 Å². The number of hydrogen-bond acceptors (Lipinski definition) is 4. The molecule has 8 heteroatoms. The number of amides is 2. The van der Waals surface area contributed by atoms with E-state index in [4.69, 9.17) is 5.11 Å². The fourth-order valence-corrected chi connectivity index (χ4v) is 1.95. The Morgan fingerprint density at radius 2 is 1.71 bits per heavy atom. The van der Waals surface area contributed by atoms with Crippen LogP contribution in [0.4, 0.5) is 14.5 Å². The van der Waals surface area contributed by atoms with E-state index in [9.17, 15) is 23.2 Å². The second-order valence-corrected chi connectivity index (χ2v) is 4.33. The molecule has 2 N–H and O–H groups in total. The summed E-state index contributed by atoms with van der Waals surface area (Å²) in [7, 11) is 0. The van der Waals surface area contributed by atoms with Crippen molar-refractivity contribution in [1.82, 2.24) is 5.32 Å². The number of carbonyl (C=O) groups excluding carboxylic acids is 2. The largest absolute Gasteiger partial charge is 0.478 e. The molecule has 1 aromatic carbocycles. The molecule has 0 spiro atoms. The molecule has 0 unspecified atom stereocenters. The Kier molecular flexibility index (Phi) is 3.97. The summed E-state index contributed by atoms with van der Waals surface area (Å²) < 4.78 is 27.9. The Morgan fingerprint density at radius 3 is 2.19 bits per heavy atom. The molecule has 1 saturated heterocycles. The molecule has 110 valence electrons. The van der Waals surface area contributed by atoms with Crippen LogP contribution in [0.5, 0.6) is 0 Å². The van der Waals surface area contributed by atoms with Gasteiger partial charge in [0.2, 0.25) is 11.8 Å². The van der Waals surface area contributed by atoms with Crippen molar-refractivity contribution in [2.75, 3.05) is 18.0 Å². The number of anilines is 1. The van der Waals surface area contributed by atoms with Gasteiger partial charge in [-0.05, 0) is 23.8 Å². The number of imide groups is 1. The van der Waals surface area contributed by atoms with Gasteiger partial charge in [-0.3, -0.25) is 14.9 Å². The van der Waals surface area contributed by atoms with Crippen molar-refractivity contribution in [3.8, 4) is 0 Å². The number of aliphatic carboxylic acids is 1. The van der Waals surface area contributed by atoms with E-state index in [1.165, 1.54) is 0 Å². The third kappa shape index (κ3) is 3.41. The Bertz CT molecular complexity index is 619. The van der Waals surface area contributed by atoms with Gasteiger partial charge in [-0.1, -0.05) is 0 Å². The van der Waals surface area contributed by atoms with Crippen LogP contribution in [0.25, 0.3) is 6.08 Å². The van der Waals surface area contributed by atoms with Crippen molar-refractivity contribution >= 4 is 29.5 Å². The van der Waals surface area contributed by atoms with Gasteiger partial charge in [0, 0.05) is 6.08 Å². The number of carboxylic acids is 1. The Balaban J connectivity index is 2.35. The van der Waals surface area contributed by atoms with Crippen LogP contribution < -0.4 is 10.2 Å². The summed E-state index contributed by atoms with van der Waals surface area (Å²) in [5, 5.41) is 10.5. The lowest BCUT2D eigenvalue weighted by molar-refractivity contribution is -0.132. The number of rotatable bonds is 3. The molecular weight excluding hydrogens is 286 g/mol. The SMILES string of the molecule is O=C(O)C=Cc1cc(F)c(N2CC(=O)NC(=O)C2)c(F)c1. The quantitative estimate of drug-likeness (QED) is 0.627. The molecule has 21 heavy (non-hydrogen) atoms. The van der Waals surface area contributed by atoms with E-state index in [0.717, 1.165) is 29.2 Å². The molecule has 1 aromatic rings. The number of carboxylic acid groups (broad SMARTS) is 1. The summed E-state index contributed by atoms with van der Waals surface area (Å²) in [6.45, 7) is -0.687. The van der Waals surface area contributed by atoms with Gasteiger partial charge in [-0.25, -0.2) is 13.6 Å². The second kappa shape index (κ2) is 5.70. The zero-order chi connectivity index (χ0) is 15.6. The summed E-state index contributed by atoms with van der Waals surface area (Å²) in [5.41, 5.74) is -0.477. The number of halogens is 2. The summed E-state index contributed by atoms with van der Waals surface area (Å²) in [6.07, 6.45) is 1.78. The summed E-state index contributed by atoms with van der Waals surface area (Å²) in [4.78, 5) is 33.8. The van der Waals surface area contributed by atoms with Crippen LogP contribution in [0.15, 0.2) is 18.2 Å². The van der Waals surface area contributed by atoms with Crippen LogP contribution in [0, 0.1) is 11.6 Å². The number of nitrogens with zero attached hydrogens (tertiary/aromatic N) is 1. The average Bonchev–Trinajstić information content (AvgIpc) is 2.34. The topological polar surface area (TPSA) is 86.7 Å². The molecule has 1 aliphatic heterocycles. The van der Waals surface area contributed by atoms with Gasteiger partial charge in [0.05, 0.1) is 13.1 Å². The van der Waals surface area contributed by atoms with E-state index in [-0.39, 0.29) is 18.7 Å². The predicted octanol–water partition coefficient (Wildman–Crippen LogP) is 0.525. The van der Waals surface area contributed by atoms with Gasteiger partial charge in [0.25, 0.3) is 0 Å². The third-order valence-electron chi connectivity index (χ3n) is 2.72. The molecule has 0 radical (unpaired) electrons. The maximum Gasteiger partial charge on any atom is 0.328 e. The lowest BCUT2D eigenvalue weighted by Gasteiger charge is -2.28. The smallest absolute Gasteiger partial charge is 0.328 e. The molecule has 0 aromatic heterocycles. The Hall–Kier alpha value is -2.77. The van der Waals surface area contributed by atoms with Crippen molar-refractivity contribution in [2.24, 2.45) is 0 Å². The number of nitrogens with one attached hydrogen (secondary N) is 1. The number of carbonyl (C=O) groups is 3. The number of piperazine rings is 1. The van der Waals surface area contributed by atoms with Crippen molar-refractivity contribution in [2.45, 2.75) is 0 Å². The highest BCUT2D eigenvalue weighted by atomic mass is 19.1. The van der Waals surface area contributed by atoms with Gasteiger partial charge in [0.1, 0.15) is 17.3 Å². The van der Waals surface area contributed by atoms with E-state index < -0.39 is 35.1 Å². The highest BCUT2D eigenvalue weighted by molar-refractivity contribution is 6.02. The average molecular weight is 296 g/mol. The van der Waals surface area contributed by atoms with Gasteiger partial charge in [-0.2, -0.15) is 0 Å². The minimum atomic E-state index is -1.25. The van der Waals surface area contributed by atoms with Gasteiger partial charge in [-0.15, -0.1) is 0 Å². The molecule has 0 atom stereocenters. The van der Waals surface area contributed by atoms with Crippen LogP contribution in [-0.4, -0.2) is 36.0 Å². The van der Waals surface area contributed by atoms with E-state index in [2.05, 4.69) is 0 Å². The molecule has 2 rings (SSSR count). The second-order valence-electron chi connectivity index (χ2n) is 4.33. The first kappa shape index (κ1) is 14.6. The summed E-state index contributed by atoms with van der Waals surface area (Å²) in [6, 6.07) is 1.85. The first-order chi connectivity index (χ1) is 9.86. The van der Waals surface area contributed by atoms with Crippen LogP contribution in [0.1, 0.15) is 5.56 Å². The standard InChI is InChI=1S/C13H10F2N2O4/c14-8-3-7(1-2-12(20)21)4-9(15)13(8)17-5-10(18)16-11(19)6-17/h1-4H,5-6H2,(H,20,21)(H,16,18,19). The fraction of sp³-hybridized carbons (Fsp3) is 0.154. The maximum atomic E-state index is 14.0. The first-order valence-electron chi connectivity index (χ1n) is 5.84. The van der Waals surface area contributed by atoms with Gasteiger partial charge < -0.3 is 10.0 Å². The summed E-state index contributed by atoms with van der Waals surface area (Å²) in [5.74, 6) is -4.52. The van der Waals surface area contributed by atoms with E-state index in [1.807, 2.05) is 5.32 Å². The molecule has 0 bridgehead atoms. The summed E-state index contributed by atoms with van der Waals surface area (Å²) >= 11 is 0. The minimum absolute atomic E-state index is 0.0175. The van der Waals surface area contributed by atoms with Crippen molar-refractivity contribution in [1.29, 1.82) is 0 Å². The zero-order valence-electron chi connectivity index (χ0n) is 10.6. The number of benzene rings is 1. The van der Waals surface area contributed by atoms with Crippen molar-refractivity contribution in [3.63, 3.8) is 0 Å². The highest BCUT2D eigenvalue weighted by Gasteiger charge is 2.27. The monoisotopic (exact) mass is 296 g/mol. The highest BCUT2D eigenvalue weighted by Crippen LogP contribution is 2.26. The van der Waals surface area contributed by atoms with Crippen molar-refractivity contribution < 1.29 is 28.3 Å². The molecular formula is C13H10F2N2O4. The molecule has 1 heterocycles. The first-order valence-corrected chi connectivity index (χ1v) is 5.84. The van der Waals surface area contributed by atoms with E-state index in [0.29, 0.717) is 0 Å². The van der Waals surface area contributed by atoms with E-state index >= 15 is 0 Å². The van der Waals surface area contributed by atoms with Crippen LogP contribution >= 0.6 is 0 Å². The lowest BCUT2D eigenvalue weighted by atomic mass is 10.1. The molecule has 1 aliphatic rings. The fourth-order valence-electron chi connectivity index (χ4n) is 1.95. The molecule has 2 amide bonds. The normalized spacial score (nSPS) is 15.4. The van der Waals surface area contributed by atoms with Crippen LogP contribution in [0.3, 0.4) is 0 Å². The molecule has 0 saturated carbocycles. The van der Waals surface area contributed by atoms with E-state index in [1.54, 1.807) is 0 Å². The lowest BCUT2D eigenvalue weighted by Crippen LogP contribution is -2.52. The minimum Gasteiger partial charge on any atom is -0.478 e. The Morgan fingerprint density at radius 1 is 1.19 bits per heavy atom. The predicted molar refractivity (Wildman–Crippen MR) is 68.4 cm³/mol. The van der Waals surface area contributed by atoms with Crippen LogP contribution in [-0.2, 0) is 14.4 Å².